The molecule has 0 bridgehead atoms. The van der Waals surface area contributed by atoms with Gasteiger partial charge in [0, 0.05) is 12.4 Å². The van der Waals surface area contributed by atoms with Gasteiger partial charge < -0.3 is 0 Å². The molecule has 1 atom stereocenters. The van der Waals surface area contributed by atoms with Crippen molar-refractivity contribution in [3.8, 4) is 0 Å². The molecule has 1 nitrogen and oxygen atoms in total. The van der Waals surface area contributed by atoms with Gasteiger partial charge in [-0.05, 0) is 67.6 Å². The van der Waals surface area contributed by atoms with Crippen LogP contribution in [0.2, 0.25) is 0 Å². The SMILES string of the molecule is ClC(Cc1ccncc1)c1cc(Br)sc1Br. The second-order valence-corrected chi connectivity index (χ2v) is 7.58. The molecule has 0 aliphatic heterocycles. The van der Waals surface area contributed by atoms with Crippen molar-refractivity contribution in [2.24, 2.45) is 0 Å². The van der Waals surface area contributed by atoms with Crippen molar-refractivity contribution in [2.75, 3.05) is 0 Å². The Kier molecular flexibility index (Phi) is 4.41. The summed E-state index contributed by atoms with van der Waals surface area (Å²) in [6, 6.07) is 6.04. The van der Waals surface area contributed by atoms with Crippen LogP contribution in [0.1, 0.15) is 16.5 Å². The summed E-state index contributed by atoms with van der Waals surface area (Å²) in [5, 5.41) is -0.0145. The van der Waals surface area contributed by atoms with Gasteiger partial charge >= 0.3 is 0 Å². The van der Waals surface area contributed by atoms with Crippen LogP contribution in [0.25, 0.3) is 0 Å². The predicted octanol–water partition coefficient (Wildman–Crippen LogP) is 5.19. The summed E-state index contributed by atoms with van der Waals surface area (Å²) in [7, 11) is 0. The van der Waals surface area contributed by atoms with Crippen molar-refractivity contribution in [1.82, 2.24) is 4.98 Å². The van der Waals surface area contributed by atoms with E-state index in [0.29, 0.717) is 0 Å². The van der Waals surface area contributed by atoms with Crippen LogP contribution in [0, 0.1) is 0 Å². The number of aromatic nitrogens is 1. The molecule has 0 amide bonds. The summed E-state index contributed by atoms with van der Waals surface area (Å²) in [6.45, 7) is 0. The van der Waals surface area contributed by atoms with Crippen molar-refractivity contribution in [1.29, 1.82) is 0 Å². The minimum Gasteiger partial charge on any atom is -0.265 e. The van der Waals surface area contributed by atoms with Crippen molar-refractivity contribution in [2.45, 2.75) is 11.8 Å². The smallest absolute Gasteiger partial charge is 0.0757 e. The zero-order valence-electron chi connectivity index (χ0n) is 8.16. The molecule has 0 saturated heterocycles. The number of hydrogen-bond acceptors (Lipinski definition) is 2. The van der Waals surface area contributed by atoms with Gasteiger partial charge in [0.1, 0.15) is 0 Å². The largest absolute Gasteiger partial charge is 0.265 e. The lowest BCUT2D eigenvalue weighted by molar-refractivity contribution is 0.917. The van der Waals surface area contributed by atoms with Gasteiger partial charge in [-0.3, -0.25) is 4.98 Å². The molecule has 1 unspecified atom stereocenters. The molecule has 0 aliphatic rings. The highest BCUT2D eigenvalue weighted by Crippen LogP contribution is 2.39. The number of thiophene rings is 1. The van der Waals surface area contributed by atoms with Gasteiger partial charge in [-0.2, -0.15) is 0 Å². The van der Waals surface area contributed by atoms with E-state index < -0.39 is 0 Å². The van der Waals surface area contributed by atoms with E-state index in [0.717, 1.165) is 19.6 Å². The van der Waals surface area contributed by atoms with Gasteiger partial charge in [-0.25, -0.2) is 0 Å². The lowest BCUT2D eigenvalue weighted by atomic mass is 10.1. The molecule has 0 aliphatic carbocycles. The number of hydrogen-bond donors (Lipinski definition) is 0. The van der Waals surface area contributed by atoms with Crippen LogP contribution < -0.4 is 0 Å². The molecule has 0 aromatic carbocycles. The number of nitrogens with zero attached hydrogens (tertiary/aromatic N) is 1. The second-order valence-electron chi connectivity index (χ2n) is 3.31. The van der Waals surface area contributed by atoms with Crippen LogP contribution in [-0.4, -0.2) is 4.98 Å². The van der Waals surface area contributed by atoms with E-state index in [-0.39, 0.29) is 5.38 Å². The van der Waals surface area contributed by atoms with E-state index in [9.17, 15) is 0 Å². The van der Waals surface area contributed by atoms with Crippen molar-refractivity contribution in [3.63, 3.8) is 0 Å². The Morgan fingerprint density at radius 2 is 2.00 bits per heavy atom. The topological polar surface area (TPSA) is 12.9 Å². The maximum absolute atomic E-state index is 6.39. The van der Waals surface area contributed by atoms with Crippen LogP contribution in [-0.2, 0) is 6.42 Å². The first-order valence-electron chi connectivity index (χ1n) is 4.64. The molecule has 16 heavy (non-hydrogen) atoms. The molecule has 2 aromatic heterocycles. The maximum Gasteiger partial charge on any atom is 0.0757 e. The van der Waals surface area contributed by atoms with Crippen LogP contribution in [0.5, 0.6) is 0 Å². The van der Waals surface area contributed by atoms with E-state index in [4.69, 9.17) is 11.6 Å². The predicted molar refractivity (Wildman–Crippen MR) is 76.3 cm³/mol. The first-order valence-corrected chi connectivity index (χ1v) is 7.48. The van der Waals surface area contributed by atoms with Gasteiger partial charge in [0.25, 0.3) is 0 Å². The Balaban J connectivity index is 2.14. The van der Waals surface area contributed by atoms with E-state index in [1.807, 2.05) is 12.1 Å². The fraction of sp³-hybridized carbons (Fsp3) is 0.182. The minimum atomic E-state index is -0.0145. The first kappa shape index (κ1) is 12.6. The van der Waals surface area contributed by atoms with E-state index in [1.165, 1.54) is 5.56 Å². The van der Waals surface area contributed by atoms with Gasteiger partial charge in [0.2, 0.25) is 0 Å². The van der Waals surface area contributed by atoms with Crippen molar-refractivity contribution in [3.05, 3.63) is 49.3 Å². The third-order valence-electron chi connectivity index (χ3n) is 2.18. The monoisotopic (exact) mass is 379 g/mol. The zero-order chi connectivity index (χ0) is 11.5. The molecule has 0 spiro atoms. The summed E-state index contributed by atoms with van der Waals surface area (Å²) in [5.41, 5.74) is 2.33. The minimum absolute atomic E-state index is 0.0145. The van der Waals surface area contributed by atoms with Gasteiger partial charge in [0.15, 0.2) is 0 Å². The summed E-state index contributed by atoms with van der Waals surface area (Å²) in [6.07, 6.45) is 4.39. The van der Waals surface area contributed by atoms with Crippen LogP contribution >= 0.6 is 54.8 Å². The molecule has 84 valence electrons. The molecule has 5 heteroatoms. The van der Waals surface area contributed by atoms with E-state index in [1.54, 1.807) is 23.7 Å². The fourth-order valence-corrected chi connectivity index (χ4v) is 4.92. The number of halogens is 3. The number of alkyl halides is 1. The molecule has 0 saturated carbocycles. The molecule has 2 rings (SSSR count). The molecular weight excluding hydrogens is 373 g/mol. The molecule has 0 radical (unpaired) electrons. The lowest BCUT2D eigenvalue weighted by Gasteiger charge is -2.08. The Morgan fingerprint density at radius 3 is 2.56 bits per heavy atom. The third-order valence-corrected chi connectivity index (χ3v) is 4.96. The van der Waals surface area contributed by atoms with Gasteiger partial charge in [0.05, 0.1) is 12.9 Å². The van der Waals surface area contributed by atoms with Crippen molar-refractivity contribution >= 4 is 54.8 Å². The molecule has 0 fully saturated rings. The second kappa shape index (κ2) is 5.63. The van der Waals surface area contributed by atoms with E-state index >= 15 is 0 Å². The Morgan fingerprint density at radius 1 is 1.31 bits per heavy atom. The molecule has 2 heterocycles. The number of pyridine rings is 1. The third kappa shape index (κ3) is 3.06. The Bertz CT molecular complexity index is 472. The molecule has 0 N–H and O–H groups in total. The van der Waals surface area contributed by atoms with Gasteiger partial charge in [-0.1, -0.05) is 0 Å². The highest BCUT2D eigenvalue weighted by atomic mass is 79.9. The Labute approximate surface area is 120 Å². The normalized spacial score (nSPS) is 12.7. The standard InChI is InChI=1S/C11H8Br2ClNS/c12-10-6-8(11(13)16-10)9(14)5-7-1-3-15-4-2-7/h1-4,6,9H,5H2. The lowest BCUT2D eigenvalue weighted by Crippen LogP contribution is -1.95. The maximum atomic E-state index is 6.39. The zero-order valence-corrected chi connectivity index (χ0v) is 12.9. The number of rotatable bonds is 3. The molecular formula is C11H8Br2ClNS. The fourth-order valence-electron chi connectivity index (χ4n) is 1.40. The quantitative estimate of drug-likeness (QED) is 0.667. The summed E-state index contributed by atoms with van der Waals surface area (Å²) in [5.74, 6) is 0. The summed E-state index contributed by atoms with van der Waals surface area (Å²) < 4.78 is 2.18. The van der Waals surface area contributed by atoms with E-state index in [2.05, 4.69) is 42.9 Å². The van der Waals surface area contributed by atoms with Crippen molar-refractivity contribution < 1.29 is 0 Å². The first-order chi connectivity index (χ1) is 7.66. The highest BCUT2D eigenvalue weighted by Gasteiger charge is 2.15. The van der Waals surface area contributed by atoms with Crippen LogP contribution in [0.15, 0.2) is 38.2 Å². The van der Waals surface area contributed by atoms with Crippen LogP contribution in [0.4, 0.5) is 0 Å². The van der Waals surface area contributed by atoms with Gasteiger partial charge in [-0.15, -0.1) is 22.9 Å². The van der Waals surface area contributed by atoms with Crippen LogP contribution in [0.3, 0.4) is 0 Å². The highest BCUT2D eigenvalue weighted by molar-refractivity contribution is 9.12. The molecule has 2 aromatic rings. The summed E-state index contributed by atoms with van der Waals surface area (Å²) >= 11 is 15.0. The average Bonchev–Trinajstić information content (AvgIpc) is 2.59. The summed E-state index contributed by atoms with van der Waals surface area (Å²) in [4.78, 5) is 3.99. The average molecular weight is 382 g/mol. The Hall–Kier alpha value is 0.1000.